The van der Waals surface area contributed by atoms with E-state index in [0.29, 0.717) is 5.75 Å². The zero-order valence-corrected chi connectivity index (χ0v) is 9.89. The van der Waals surface area contributed by atoms with Gasteiger partial charge < -0.3 is 9.84 Å². The number of carbonyl (C=O) groups is 1. The molecule has 0 aliphatic carbocycles. The largest absolute Gasteiger partial charge is 0.477 e. The van der Waals surface area contributed by atoms with Crippen molar-refractivity contribution in [3.8, 4) is 11.5 Å². The summed E-state index contributed by atoms with van der Waals surface area (Å²) in [5.74, 6) is -0.985. The molecule has 0 atom stereocenters. The van der Waals surface area contributed by atoms with Gasteiger partial charge in [0.05, 0.1) is 5.02 Å². The van der Waals surface area contributed by atoms with E-state index in [4.69, 9.17) is 21.4 Å². The molecule has 1 heterocycles. The highest BCUT2D eigenvalue weighted by molar-refractivity contribution is 7.12. The molecule has 0 aliphatic rings. The van der Waals surface area contributed by atoms with Gasteiger partial charge in [0.2, 0.25) is 0 Å². The van der Waals surface area contributed by atoms with Crippen LogP contribution in [-0.2, 0) is 0 Å². The van der Waals surface area contributed by atoms with Gasteiger partial charge in [-0.3, -0.25) is 0 Å². The highest BCUT2D eigenvalue weighted by atomic mass is 35.5. The molecule has 0 aliphatic heterocycles. The van der Waals surface area contributed by atoms with Gasteiger partial charge in [-0.2, -0.15) is 0 Å². The zero-order chi connectivity index (χ0) is 12.4. The predicted octanol–water partition coefficient (Wildman–Crippen LogP) is 4.03. The first-order chi connectivity index (χ1) is 8.06. The molecule has 2 aromatic rings. The van der Waals surface area contributed by atoms with E-state index in [1.807, 2.05) is 0 Å². The minimum atomic E-state index is -1.02. The molecule has 2 rings (SSSR count). The number of rotatable bonds is 3. The number of carboxylic acid groups (broad SMARTS) is 1. The summed E-state index contributed by atoms with van der Waals surface area (Å²) in [7, 11) is 0. The molecule has 0 saturated carbocycles. The van der Waals surface area contributed by atoms with E-state index in [2.05, 4.69) is 0 Å². The summed E-state index contributed by atoms with van der Waals surface area (Å²) in [5, 5.41) is 10.3. The minimum absolute atomic E-state index is 0.00823. The van der Waals surface area contributed by atoms with Crippen molar-refractivity contribution in [2.45, 2.75) is 0 Å². The molecule has 1 aromatic heterocycles. The van der Waals surface area contributed by atoms with Crippen LogP contribution in [0, 0.1) is 5.82 Å². The second-order valence-electron chi connectivity index (χ2n) is 3.13. The number of halogens is 2. The lowest BCUT2D eigenvalue weighted by molar-refractivity contribution is 0.0702. The summed E-state index contributed by atoms with van der Waals surface area (Å²) < 4.78 is 18.4. The molecule has 0 unspecified atom stereocenters. The third-order valence-corrected chi connectivity index (χ3v) is 3.12. The van der Waals surface area contributed by atoms with Gasteiger partial charge in [-0.05, 0) is 12.1 Å². The molecule has 3 nitrogen and oxygen atoms in total. The lowest BCUT2D eigenvalue weighted by Gasteiger charge is -2.03. The van der Waals surface area contributed by atoms with Crippen LogP contribution in [0.4, 0.5) is 4.39 Å². The molecule has 0 fully saturated rings. The van der Waals surface area contributed by atoms with Crippen LogP contribution in [0.25, 0.3) is 0 Å². The number of hydrogen-bond acceptors (Lipinski definition) is 3. The van der Waals surface area contributed by atoms with E-state index >= 15 is 0 Å². The van der Waals surface area contributed by atoms with Gasteiger partial charge in [-0.25, -0.2) is 9.18 Å². The van der Waals surface area contributed by atoms with Crippen molar-refractivity contribution >= 4 is 28.9 Å². The predicted molar refractivity (Wildman–Crippen MR) is 62.8 cm³/mol. The van der Waals surface area contributed by atoms with E-state index < -0.39 is 11.8 Å². The average Bonchev–Trinajstić information content (AvgIpc) is 2.72. The first kappa shape index (κ1) is 11.9. The molecular formula is C11H6ClFO3S. The van der Waals surface area contributed by atoms with Gasteiger partial charge in [-0.15, -0.1) is 11.3 Å². The Hall–Kier alpha value is -1.59. The molecule has 1 N–H and O–H groups in total. The zero-order valence-electron chi connectivity index (χ0n) is 8.31. The second-order valence-corrected chi connectivity index (χ2v) is 4.45. The quantitative estimate of drug-likeness (QED) is 0.917. The van der Waals surface area contributed by atoms with Gasteiger partial charge in [0.25, 0.3) is 0 Å². The van der Waals surface area contributed by atoms with Crippen molar-refractivity contribution in [2.75, 3.05) is 0 Å². The average molecular weight is 273 g/mol. The van der Waals surface area contributed by atoms with Gasteiger partial charge in [0, 0.05) is 17.5 Å². The van der Waals surface area contributed by atoms with Gasteiger partial charge in [0.15, 0.2) is 0 Å². The molecule has 0 bridgehead atoms. The Kier molecular flexibility index (Phi) is 3.31. The van der Waals surface area contributed by atoms with Crippen molar-refractivity contribution in [3.05, 3.63) is 45.4 Å². The Morgan fingerprint density at radius 3 is 2.71 bits per heavy atom. The monoisotopic (exact) mass is 272 g/mol. The fourth-order valence-corrected chi connectivity index (χ4v) is 1.92. The molecule has 17 heavy (non-hydrogen) atoms. The maximum atomic E-state index is 13.1. The maximum Gasteiger partial charge on any atom is 0.346 e. The Morgan fingerprint density at radius 1 is 1.35 bits per heavy atom. The summed E-state index contributed by atoms with van der Waals surface area (Å²) in [6.45, 7) is 0. The lowest BCUT2D eigenvalue weighted by Crippen LogP contribution is -1.90. The molecule has 0 saturated heterocycles. The molecular weight excluding hydrogens is 267 g/mol. The fourth-order valence-electron chi connectivity index (χ4n) is 1.16. The summed E-state index contributed by atoms with van der Waals surface area (Å²) >= 11 is 6.56. The van der Waals surface area contributed by atoms with Crippen molar-refractivity contribution in [2.24, 2.45) is 0 Å². The summed E-state index contributed by atoms with van der Waals surface area (Å²) in [5.41, 5.74) is 0. The van der Waals surface area contributed by atoms with Crippen LogP contribution < -0.4 is 4.74 Å². The topological polar surface area (TPSA) is 46.5 Å². The van der Waals surface area contributed by atoms with Crippen molar-refractivity contribution in [1.29, 1.82) is 0 Å². The second kappa shape index (κ2) is 4.73. The summed E-state index contributed by atoms with van der Waals surface area (Å²) in [6, 6.07) is 5.39. The number of carboxylic acids is 1. The molecule has 0 radical (unpaired) electrons. The van der Waals surface area contributed by atoms with Crippen LogP contribution in [-0.4, -0.2) is 11.1 Å². The van der Waals surface area contributed by atoms with Crippen LogP contribution in [0.2, 0.25) is 5.02 Å². The normalized spacial score (nSPS) is 10.2. The SMILES string of the molecule is O=C(O)c1cc(Oc2ccc(Cl)c(F)c2)cs1. The van der Waals surface area contributed by atoms with E-state index in [0.717, 1.165) is 17.4 Å². The van der Waals surface area contributed by atoms with E-state index in [1.54, 1.807) is 0 Å². The third kappa shape index (κ3) is 2.75. The van der Waals surface area contributed by atoms with Crippen LogP contribution >= 0.6 is 22.9 Å². The summed E-state index contributed by atoms with van der Waals surface area (Å²) in [6.07, 6.45) is 0. The van der Waals surface area contributed by atoms with E-state index in [1.165, 1.54) is 23.6 Å². The maximum absolute atomic E-state index is 13.1. The highest BCUT2D eigenvalue weighted by Gasteiger charge is 2.09. The van der Waals surface area contributed by atoms with Crippen molar-refractivity contribution in [3.63, 3.8) is 0 Å². The van der Waals surface area contributed by atoms with Gasteiger partial charge >= 0.3 is 5.97 Å². The first-order valence-corrected chi connectivity index (χ1v) is 5.77. The van der Waals surface area contributed by atoms with Crippen molar-refractivity contribution < 1.29 is 19.0 Å². The number of thiophene rings is 1. The Morgan fingerprint density at radius 2 is 2.12 bits per heavy atom. The van der Waals surface area contributed by atoms with E-state index in [9.17, 15) is 9.18 Å². The number of aromatic carboxylic acids is 1. The van der Waals surface area contributed by atoms with Crippen LogP contribution in [0.3, 0.4) is 0 Å². The number of hydrogen-bond donors (Lipinski definition) is 1. The minimum Gasteiger partial charge on any atom is -0.477 e. The number of ether oxygens (including phenoxy) is 1. The molecule has 0 spiro atoms. The van der Waals surface area contributed by atoms with Gasteiger partial charge in [0.1, 0.15) is 22.2 Å². The smallest absolute Gasteiger partial charge is 0.346 e. The molecule has 6 heteroatoms. The fraction of sp³-hybridized carbons (Fsp3) is 0. The number of benzene rings is 1. The Labute approximate surface area is 105 Å². The van der Waals surface area contributed by atoms with Crippen molar-refractivity contribution in [1.82, 2.24) is 0 Å². The van der Waals surface area contributed by atoms with Crippen LogP contribution in [0.15, 0.2) is 29.6 Å². The highest BCUT2D eigenvalue weighted by Crippen LogP contribution is 2.28. The van der Waals surface area contributed by atoms with Crippen LogP contribution in [0.1, 0.15) is 9.67 Å². The molecule has 1 aromatic carbocycles. The van der Waals surface area contributed by atoms with Gasteiger partial charge in [-0.1, -0.05) is 11.6 Å². The molecule has 0 amide bonds. The van der Waals surface area contributed by atoms with E-state index in [-0.39, 0.29) is 15.6 Å². The first-order valence-electron chi connectivity index (χ1n) is 4.51. The standard InChI is InChI=1S/C11H6ClFO3S/c12-8-2-1-6(3-9(8)13)16-7-4-10(11(14)15)17-5-7/h1-5H,(H,14,15). The Bertz CT molecular complexity index is 568. The Balaban J connectivity index is 2.19. The third-order valence-electron chi connectivity index (χ3n) is 1.91. The lowest BCUT2D eigenvalue weighted by atomic mass is 10.3. The molecule has 88 valence electrons. The van der Waals surface area contributed by atoms with Crippen LogP contribution in [0.5, 0.6) is 11.5 Å². The summed E-state index contributed by atoms with van der Waals surface area (Å²) in [4.78, 5) is 10.8.